The zero-order valence-corrected chi connectivity index (χ0v) is 14.8. The Bertz CT molecular complexity index is 763. The molecule has 1 atom stereocenters. The van der Waals surface area contributed by atoms with Crippen LogP contribution in [0.1, 0.15) is 17.3 Å². The molecule has 0 saturated carbocycles. The first kappa shape index (κ1) is 14.3. The lowest BCUT2D eigenvalue weighted by molar-refractivity contribution is 0.682. The van der Waals surface area contributed by atoms with Crippen molar-refractivity contribution in [2.75, 3.05) is 0 Å². The van der Waals surface area contributed by atoms with Crippen LogP contribution in [-0.2, 0) is 13.5 Å². The van der Waals surface area contributed by atoms with Crippen LogP contribution in [0.15, 0.2) is 37.9 Å². The van der Waals surface area contributed by atoms with E-state index in [-0.39, 0.29) is 6.04 Å². The zero-order valence-electron chi connectivity index (χ0n) is 10.8. The van der Waals surface area contributed by atoms with Crippen molar-refractivity contribution in [2.24, 2.45) is 12.8 Å². The molecule has 6 heteroatoms. The number of thiophene rings is 1. The summed E-state index contributed by atoms with van der Waals surface area (Å²) in [5.41, 5.74) is 9.66. The Morgan fingerprint density at radius 2 is 2.10 bits per heavy atom. The molecule has 0 fully saturated rings. The van der Waals surface area contributed by atoms with E-state index in [4.69, 9.17) is 5.73 Å². The fourth-order valence-electron chi connectivity index (χ4n) is 2.36. The molecule has 20 heavy (non-hydrogen) atoms. The van der Waals surface area contributed by atoms with E-state index in [9.17, 15) is 0 Å². The van der Waals surface area contributed by atoms with Crippen molar-refractivity contribution in [1.29, 1.82) is 0 Å². The topological polar surface area (TPSA) is 43.8 Å². The molecule has 0 aliphatic carbocycles. The maximum absolute atomic E-state index is 6.35. The number of hydrogen-bond donors (Lipinski definition) is 1. The molecule has 0 bridgehead atoms. The minimum Gasteiger partial charge on any atom is -0.324 e. The summed E-state index contributed by atoms with van der Waals surface area (Å²) < 4.78 is 4.08. The number of aromatic nitrogens is 2. The van der Waals surface area contributed by atoms with Gasteiger partial charge in [0.1, 0.15) is 0 Å². The standard InChI is InChI=1S/C14H13Br2N3S/c1-19-12-5-3-2-4-8(12)11(18-19)7-10(17)9-6-13(15)20-14(9)16/h2-6,10H,7,17H2,1H3. The third-order valence-electron chi connectivity index (χ3n) is 3.33. The van der Waals surface area contributed by atoms with Crippen molar-refractivity contribution in [3.05, 3.63) is 49.2 Å². The van der Waals surface area contributed by atoms with Crippen LogP contribution in [0.4, 0.5) is 0 Å². The molecule has 0 saturated heterocycles. The van der Waals surface area contributed by atoms with Gasteiger partial charge in [0.05, 0.1) is 18.8 Å². The molecule has 0 aliphatic rings. The number of hydrogen-bond acceptors (Lipinski definition) is 3. The molecule has 1 unspecified atom stereocenters. The van der Waals surface area contributed by atoms with Crippen LogP contribution >= 0.6 is 43.2 Å². The van der Waals surface area contributed by atoms with E-state index in [1.165, 1.54) is 5.39 Å². The van der Waals surface area contributed by atoms with Crippen LogP contribution in [0.3, 0.4) is 0 Å². The first-order valence-corrected chi connectivity index (χ1v) is 8.57. The number of rotatable bonds is 3. The van der Waals surface area contributed by atoms with Gasteiger partial charge in [0.2, 0.25) is 0 Å². The fourth-order valence-corrected chi connectivity index (χ4v) is 5.36. The maximum atomic E-state index is 6.35. The molecular weight excluding hydrogens is 402 g/mol. The lowest BCUT2D eigenvalue weighted by atomic mass is 10.0. The number of para-hydroxylation sites is 1. The molecule has 2 aromatic heterocycles. The largest absolute Gasteiger partial charge is 0.324 e. The maximum Gasteiger partial charge on any atom is 0.0758 e. The number of nitrogens with zero attached hydrogens (tertiary/aromatic N) is 2. The first-order chi connectivity index (χ1) is 9.56. The third kappa shape index (κ3) is 2.57. The number of benzene rings is 1. The molecule has 0 amide bonds. The molecule has 1 aromatic carbocycles. The second-order valence-corrected chi connectivity index (χ2v) is 8.43. The Labute approximate surface area is 138 Å². The average molecular weight is 415 g/mol. The van der Waals surface area contributed by atoms with Gasteiger partial charge in [-0.1, -0.05) is 18.2 Å². The Morgan fingerprint density at radius 3 is 2.80 bits per heavy atom. The zero-order chi connectivity index (χ0) is 14.3. The van der Waals surface area contributed by atoms with Gasteiger partial charge in [0.15, 0.2) is 0 Å². The molecule has 3 nitrogen and oxygen atoms in total. The van der Waals surface area contributed by atoms with Gasteiger partial charge in [0, 0.05) is 24.9 Å². The van der Waals surface area contributed by atoms with Crippen molar-refractivity contribution in [3.63, 3.8) is 0 Å². The van der Waals surface area contributed by atoms with Crippen LogP contribution in [0.5, 0.6) is 0 Å². The number of nitrogens with two attached hydrogens (primary N) is 1. The van der Waals surface area contributed by atoms with Crippen molar-refractivity contribution < 1.29 is 0 Å². The normalized spacial score (nSPS) is 13.0. The fraction of sp³-hybridized carbons (Fsp3) is 0.214. The van der Waals surface area contributed by atoms with Gasteiger partial charge in [0.25, 0.3) is 0 Å². The molecular formula is C14H13Br2N3S. The van der Waals surface area contributed by atoms with Crippen molar-refractivity contribution in [2.45, 2.75) is 12.5 Å². The summed E-state index contributed by atoms with van der Waals surface area (Å²) in [6, 6.07) is 10.3. The predicted molar refractivity (Wildman–Crippen MR) is 91.1 cm³/mol. The first-order valence-electron chi connectivity index (χ1n) is 6.17. The van der Waals surface area contributed by atoms with Crippen LogP contribution in [0.25, 0.3) is 10.9 Å². The molecule has 0 spiro atoms. The summed E-state index contributed by atoms with van der Waals surface area (Å²) in [7, 11) is 1.97. The molecule has 104 valence electrons. The lowest BCUT2D eigenvalue weighted by Gasteiger charge is -2.09. The Balaban J connectivity index is 1.95. The van der Waals surface area contributed by atoms with E-state index in [0.717, 1.165) is 30.8 Å². The van der Waals surface area contributed by atoms with E-state index in [0.29, 0.717) is 0 Å². The van der Waals surface area contributed by atoms with Gasteiger partial charge in [-0.15, -0.1) is 11.3 Å². The van der Waals surface area contributed by atoms with Gasteiger partial charge in [-0.2, -0.15) is 5.10 Å². The van der Waals surface area contributed by atoms with E-state index < -0.39 is 0 Å². The smallest absolute Gasteiger partial charge is 0.0758 e. The number of aryl methyl sites for hydroxylation is 1. The number of fused-ring (bicyclic) bond motifs is 1. The van der Waals surface area contributed by atoms with Crippen molar-refractivity contribution in [1.82, 2.24) is 9.78 Å². The minimum absolute atomic E-state index is 0.0646. The molecule has 0 radical (unpaired) electrons. The summed E-state index contributed by atoms with van der Waals surface area (Å²) in [6.45, 7) is 0. The second-order valence-electron chi connectivity index (χ2n) is 4.68. The Morgan fingerprint density at radius 1 is 1.35 bits per heavy atom. The van der Waals surface area contributed by atoms with E-state index in [1.54, 1.807) is 11.3 Å². The highest BCUT2D eigenvalue weighted by Crippen LogP contribution is 2.36. The van der Waals surface area contributed by atoms with Gasteiger partial charge < -0.3 is 5.73 Å². The summed E-state index contributed by atoms with van der Waals surface area (Å²) in [5, 5.41) is 5.78. The number of halogens is 2. The highest BCUT2D eigenvalue weighted by Gasteiger charge is 2.17. The minimum atomic E-state index is -0.0646. The quantitative estimate of drug-likeness (QED) is 0.689. The molecule has 0 aliphatic heterocycles. The summed E-state index contributed by atoms with van der Waals surface area (Å²) in [5.74, 6) is 0. The van der Waals surface area contributed by atoms with Crippen LogP contribution in [-0.4, -0.2) is 9.78 Å². The molecule has 2 heterocycles. The van der Waals surface area contributed by atoms with Gasteiger partial charge >= 0.3 is 0 Å². The average Bonchev–Trinajstić information content (AvgIpc) is 2.91. The third-order valence-corrected chi connectivity index (χ3v) is 5.72. The van der Waals surface area contributed by atoms with E-state index >= 15 is 0 Å². The van der Waals surface area contributed by atoms with Crippen LogP contribution < -0.4 is 5.73 Å². The monoisotopic (exact) mass is 413 g/mol. The summed E-state index contributed by atoms with van der Waals surface area (Å²) >= 11 is 8.71. The SMILES string of the molecule is Cn1nc(CC(N)c2cc(Br)sc2Br)c2ccccc21. The van der Waals surface area contributed by atoms with E-state index in [2.05, 4.69) is 55.2 Å². The highest BCUT2D eigenvalue weighted by molar-refractivity contribution is 9.12. The van der Waals surface area contributed by atoms with Crippen LogP contribution in [0.2, 0.25) is 0 Å². The predicted octanol–water partition coefficient (Wildman–Crippen LogP) is 4.40. The highest BCUT2D eigenvalue weighted by atomic mass is 79.9. The van der Waals surface area contributed by atoms with Gasteiger partial charge in [-0.3, -0.25) is 4.68 Å². The summed E-state index contributed by atoms with van der Waals surface area (Å²) in [6.07, 6.45) is 0.725. The lowest BCUT2D eigenvalue weighted by Crippen LogP contribution is -2.13. The van der Waals surface area contributed by atoms with Crippen LogP contribution in [0, 0.1) is 0 Å². The van der Waals surface area contributed by atoms with E-state index in [1.807, 2.05) is 23.9 Å². The Hall–Kier alpha value is -0.690. The second kappa shape index (κ2) is 5.60. The van der Waals surface area contributed by atoms with Gasteiger partial charge in [-0.25, -0.2) is 0 Å². The molecule has 3 aromatic rings. The van der Waals surface area contributed by atoms with Crippen molar-refractivity contribution in [3.8, 4) is 0 Å². The molecule has 2 N–H and O–H groups in total. The van der Waals surface area contributed by atoms with Crippen molar-refractivity contribution >= 4 is 54.1 Å². The summed E-state index contributed by atoms with van der Waals surface area (Å²) in [4.78, 5) is 0. The molecule has 3 rings (SSSR count). The van der Waals surface area contributed by atoms with Gasteiger partial charge in [-0.05, 0) is 49.6 Å². The Kier molecular flexibility index (Phi) is 3.99.